The Labute approximate surface area is 169 Å². The van der Waals surface area contributed by atoms with Crippen LogP contribution in [-0.4, -0.2) is 32.3 Å². The van der Waals surface area contributed by atoms with Gasteiger partial charge < -0.3 is 19.8 Å². The summed E-state index contributed by atoms with van der Waals surface area (Å²) in [5, 5.41) is 6.42. The molecule has 2 aromatic rings. The monoisotopic (exact) mass is 411 g/mol. The molecule has 8 heteroatoms. The lowest BCUT2D eigenvalue weighted by Gasteiger charge is -2.13. The van der Waals surface area contributed by atoms with E-state index < -0.39 is 11.7 Å². The number of alkyl halides is 3. The molecule has 2 N–H and O–H groups in total. The summed E-state index contributed by atoms with van der Waals surface area (Å²) in [6.45, 7) is 4.81. The molecule has 0 saturated heterocycles. The number of ether oxygens (including phenoxy) is 1. The van der Waals surface area contributed by atoms with E-state index in [-0.39, 0.29) is 6.54 Å². The second kappa shape index (κ2) is 12.2. The van der Waals surface area contributed by atoms with Gasteiger partial charge >= 0.3 is 6.18 Å². The molecule has 1 heterocycles. The van der Waals surface area contributed by atoms with E-state index in [2.05, 4.69) is 15.6 Å². The zero-order valence-corrected chi connectivity index (χ0v) is 16.6. The smallest absolute Gasteiger partial charge is 0.416 e. The number of aliphatic imine (C=N–C) groups is 1. The zero-order valence-electron chi connectivity index (χ0n) is 16.6. The average Bonchev–Trinajstić information content (AvgIpc) is 3.21. The average molecular weight is 411 g/mol. The van der Waals surface area contributed by atoms with Gasteiger partial charge in [0.1, 0.15) is 5.76 Å². The number of rotatable bonds is 11. The first-order valence-electron chi connectivity index (χ1n) is 9.77. The minimum atomic E-state index is -4.36. The summed E-state index contributed by atoms with van der Waals surface area (Å²) in [6, 6.07) is 8.95. The summed E-state index contributed by atoms with van der Waals surface area (Å²) in [4.78, 5) is 4.44. The molecular formula is C21H28F3N3O2. The number of nitrogens with one attached hydrogen (secondary N) is 2. The van der Waals surface area contributed by atoms with Crippen LogP contribution in [0.2, 0.25) is 0 Å². The molecular weight excluding hydrogens is 383 g/mol. The van der Waals surface area contributed by atoms with Crippen LogP contribution in [0.4, 0.5) is 13.2 Å². The Hall–Kier alpha value is -2.48. The van der Waals surface area contributed by atoms with Crippen molar-refractivity contribution in [1.82, 2.24) is 10.6 Å². The second-order valence-corrected chi connectivity index (χ2v) is 6.45. The van der Waals surface area contributed by atoms with E-state index in [4.69, 9.17) is 9.15 Å². The summed E-state index contributed by atoms with van der Waals surface area (Å²) in [5.74, 6) is 1.41. The third kappa shape index (κ3) is 9.04. The van der Waals surface area contributed by atoms with Gasteiger partial charge in [0.15, 0.2) is 5.96 Å². The quantitative estimate of drug-likeness (QED) is 0.327. The molecule has 0 amide bonds. The largest absolute Gasteiger partial charge is 0.469 e. The highest BCUT2D eigenvalue weighted by molar-refractivity contribution is 5.79. The van der Waals surface area contributed by atoms with Gasteiger partial charge in [-0.15, -0.1) is 0 Å². The van der Waals surface area contributed by atoms with Crippen LogP contribution >= 0.6 is 0 Å². The van der Waals surface area contributed by atoms with Crippen molar-refractivity contribution in [3.05, 3.63) is 59.5 Å². The molecule has 0 unspecified atom stereocenters. The molecule has 0 bridgehead atoms. The Bertz CT molecular complexity index is 731. The number of guanidine groups is 1. The summed E-state index contributed by atoms with van der Waals surface area (Å²) >= 11 is 0. The highest BCUT2D eigenvalue weighted by atomic mass is 19.4. The lowest BCUT2D eigenvalue weighted by molar-refractivity contribution is -0.137. The van der Waals surface area contributed by atoms with Gasteiger partial charge in [-0.2, -0.15) is 13.2 Å². The Balaban J connectivity index is 1.91. The number of hydrogen-bond acceptors (Lipinski definition) is 3. The number of benzene rings is 1. The lowest BCUT2D eigenvalue weighted by atomic mass is 10.1. The van der Waals surface area contributed by atoms with Crippen molar-refractivity contribution in [2.75, 3.05) is 26.3 Å². The fourth-order valence-electron chi connectivity index (χ4n) is 2.63. The number of hydrogen-bond donors (Lipinski definition) is 2. The molecule has 0 radical (unpaired) electrons. The van der Waals surface area contributed by atoms with Crippen LogP contribution in [0.25, 0.3) is 0 Å². The molecule has 2 rings (SSSR count). The molecule has 5 nitrogen and oxygen atoms in total. The first-order valence-corrected chi connectivity index (χ1v) is 9.77. The fraction of sp³-hybridized carbons (Fsp3) is 0.476. The zero-order chi connectivity index (χ0) is 21.0. The molecule has 1 aromatic carbocycles. The number of halogens is 3. The molecule has 0 aliphatic heterocycles. The minimum absolute atomic E-state index is 0.152. The summed E-state index contributed by atoms with van der Waals surface area (Å²) in [5.41, 5.74) is -0.162. The number of nitrogens with zero attached hydrogens (tertiary/aromatic N) is 1. The second-order valence-electron chi connectivity index (χ2n) is 6.45. The molecule has 0 aliphatic carbocycles. The van der Waals surface area contributed by atoms with Crippen LogP contribution in [0.5, 0.6) is 0 Å². The first kappa shape index (κ1) is 22.8. The van der Waals surface area contributed by atoms with E-state index in [1.807, 2.05) is 19.1 Å². The van der Waals surface area contributed by atoms with E-state index in [9.17, 15) is 13.2 Å². The van der Waals surface area contributed by atoms with Crippen LogP contribution in [0.15, 0.2) is 52.1 Å². The topological polar surface area (TPSA) is 58.8 Å². The van der Waals surface area contributed by atoms with Crippen molar-refractivity contribution >= 4 is 5.96 Å². The normalized spacial score (nSPS) is 12.2. The van der Waals surface area contributed by atoms with Crippen molar-refractivity contribution in [2.24, 2.45) is 4.99 Å². The van der Waals surface area contributed by atoms with Gasteiger partial charge in [0.25, 0.3) is 0 Å². The third-order valence-corrected chi connectivity index (χ3v) is 4.13. The molecule has 1 aromatic heterocycles. The van der Waals surface area contributed by atoms with Crippen molar-refractivity contribution in [2.45, 2.75) is 38.9 Å². The van der Waals surface area contributed by atoms with Crippen LogP contribution in [0.3, 0.4) is 0 Å². The maximum atomic E-state index is 12.9. The van der Waals surface area contributed by atoms with Gasteiger partial charge in [-0.05, 0) is 49.6 Å². The molecule has 0 saturated carbocycles. The molecule has 160 valence electrons. The summed E-state index contributed by atoms with van der Waals surface area (Å²) in [6.07, 6.45) is -0.227. The van der Waals surface area contributed by atoms with Gasteiger partial charge in [0.05, 0.1) is 18.4 Å². The minimum Gasteiger partial charge on any atom is -0.469 e. The Kier molecular flexibility index (Phi) is 9.56. The lowest BCUT2D eigenvalue weighted by Crippen LogP contribution is -2.39. The molecule has 0 spiro atoms. The van der Waals surface area contributed by atoms with Crippen LogP contribution in [-0.2, 0) is 23.9 Å². The standard InChI is InChI=1S/C21H28F3N3O2/c1-2-28-13-4-3-11-25-20(26-12-10-19-9-6-14-29-19)27-16-17-7-5-8-18(15-17)21(22,23)24/h5-9,14-15H,2-4,10-13,16H2,1H3,(H2,25,26,27). The van der Waals surface area contributed by atoms with E-state index in [0.717, 1.165) is 30.7 Å². The molecule has 0 aliphatic rings. The third-order valence-electron chi connectivity index (χ3n) is 4.13. The highest BCUT2D eigenvalue weighted by Crippen LogP contribution is 2.29. The van der Waals surface area contributed by atoms with Crippen molar-refractivity contribution in [3.8, 4) is 0 Å². The molecule has 29 heavy (non-hydrogen) atoms. The predicted octanol–water partition coefficient (Wildman–Crippen LogP) is 4.39. The van der Waals surface area contributed by atoms with Crippen LogP contribution < -0.4 is 10.6 Å². The van der Waals surface area contributed by atoms with Gasteiger partial charge in [0, 0.05) is 32.7 Å². The maximum Gasteiger partial charge on any atom is 0.416 e. The Morgan fingerprint density at radius 3 is 2.66 bits per heavy atom. The van der Waals surface area contributed by atoms with Gasteiger partial charge in [-0.3, -0.25) is 0 Å². The number of furan rings is 1. The highest BCUT2D eigenvalue weighted by Gasteiger charge is 2.30. The van der Waals surface area contributed by atoms with Crippen molar-refractivity contribution < 1.29 is 22.3 Å². The van der Waals surface area contributed by atoms with Crippen LogP contribution in [0.1, 0.15) is 36.7 Å². The molecule has 0 fully saturated rings. The first-order chi connectivity index (χ1) is 14.0. The molecule has 0 atom stereocenters. The van der Waals surface area contributed by atoms with Crippen molar-refractivity contribution in [3.63, 3.8) is 0 Å². The van der Waals surface area contributed by atoms with E-state index in [0.29, 0.717) is 44.2 Å². The summed E-state index contributed by atoms with van der Waals surface area (Å²) in [7, 11) is 0. The van der Waals surface area contributed by atoms with Gasteiger partial charge in [0.2, 0.25) is 0 Å². The van der Waals surface area contributed by atoms with E-state index in [1.54, 1.807) is 12.3 Å². The van der Waals surface area contributed by atoms with Gasteiger partial charge in [-0.25, -0.2) is 4.99 Å². The summed E-state index contributed by atoms with van der Waals surface area (Å²) < 4.78 is 49.3. The Morgan fingerprint density at radius 1 is 1.10 bits per heavy atom. The predicted molar refractivity (Wildman–Crippen MR) is 107 cm³/mol. The van der Waals surface area contributed by atoms with Gasteiger partial charge in [-0.1, -0.05) is 12.1 Å². The van der Waals surface area contributed by atoms with Crippen LogP contribution in [0, 0.1) is 0 Å². The fourth-order valence-corrected chi connectivity index (χ4v) is 2.63. The number of unbranched alkanes of at least 4 members (excludes halogenated alkanes) is 1. The Morgan fingerprint density at radius 2 is 1.93 bits per heavy atom. The van der Waals surface area contributed by atoms with Crippen molar-refractivity contribution in [1.29, 1.82) is 0 Å². The SMILES string of the molecule is CCOCCCCNC(=NCc1cccc(C(F)(F)F)c1)NCCc1ccco1. The van der Waals surface area contributed by atoms with E-state index >= 15 is 0 Å². The van der Waals surface area contributed by atoms with E-state index in [1.165, 1.54) is 6.07 Å². The maximum absolute atomic E-state index is 12.9.